The van der Waals surface area contributed by atoms with Gasteiger partial charge < -0.3 is 5.73 Å². The van der Waals surface area contributed by atoms with Gasteiger partial charge in [0.25, 0.3) is 0 Å². The molecule has 1 aromatic rings. The Balaban J connectivity index is 3.78. The molecular formula is C10H4F4N2O. The number of nitrogens with zero attached hydrogens (tertiary/aromatic N) is 1. The van der Waals surface area contributed by atoms with E-state index in [9.17, 15) is 22.4 Å². The molecule has 0 aromatic heterocycles. The van der Waals surface area contributed by atoms with Gasteiger partial charge in [-0.05, 0) is 0 Å². The predicted octanol–water partition coefficient (Wildman–Crippen LogP) is 1.61. The van der Waals surface area contributed by atoms with Crippen LogP contribution in [0, 0.1) is 34.6 Å². The van der Waals surface area contributed by atoms with E-state index in [4.69, 9.17) is 11.0 Å². The first-order chi connectivity index (χ1) is 7.82. The summed E-state index contributed by atoms with van der Waals surface area (Å²) in [5.41, 5.74) is 1.69. The zero-order valence-electron chi connectivity index (χ0n) is 8.15. The molecule has 88 valence electrons. The second-order valence-electron chi connectivity index (χ2n) is 2.96. The van der Waals surface area contributed by atoms with Crippen LogP contribution < -0.4 is 5.73 Å². The fourth-order valence-electron chi connectivity index (χ4n) is 1.14. The molecule has 0 bridgehead atoms. The molecule has 0 saturated carbocycles. The fourth-order valence-corrected chi connectivity index (χ4v) is 1.14. The van der Waals surface area contributed by atoms with E-state index >= 15 is 0 Å². The van der Waals surface area contributed by atoms with Crippen LogP contribution in [0.2, 0.25) is 0 Å². The summed E-state index contributed by atoms with van der Waals surface area (Å²) in [6.07, 6.45) is 0. The Morgan fingerprint density at radius 3 is 2.00 bits per heavy atom. The van der Waals surface area contributed by atoms with Crippen LogP contribution in [0.15, 0.2) is 6.58 Å². The maximum atomic E-state index is 13.3. The second kappa shape index (κ2) is 4.25. The van der Waals surface area contributed by atoms with Crippen LogP contribution in [-0.4, -0.2) is 5.91 Å². The van der Waals surface area contributed by atoms with E-state index in [-0.39, 0.29) is 0 Å². The summed E-state index contributed by atoms with van der Waals surface area (Å²) in [4.78, 5) is 10.7. The van der Waals surface area contributed by atoms with Crippen molar-refractivity contribution in [1.82, 2.24) is 0 Å². The van der Waals surface area contributed by atoms with Crippen molar-refractivity contribution in [1.29, 1.82) is 5.26 Å². The lowest BCUT2D eigenvalue weighted by Crippen LogP contribution is -2.16. The van der Waals surface area contributed by atoms with E-state index in [1.54, 1.807) is 0 Å². The highest BCUT2D eigenvalue weighted by Gasteiger charge is 2.28. The highest BCUT2D eigenvalue weighted by atomic mass is 19.2. The minimum absolute atomic E-state index is 0.822. The zero-order valence-corrected chi connectivity index (χ0v) is 8.15. The molecule has 1 aromatic carbocycles. The van der Waals surface area contributed by atoms with E-state index in [1.807, 2.05) is 0 Å². The van der Waals surface area contributed by atoms with E-state index in [2.05, 4.69) is 6.58 Å². The number of nitriles is 1. The number of benzene rings is 1. The molecule has 3 nitrogen and oxygen atoms in total. The Labute approximate surface area is 92.8 Å². The second-order valence-corrected chi connectivity index (χ2v) is 2.96. The van der Waals surface area contributed by atoms with Gasteiger partial charge in [-0.15, -0.1) is 0 Å². The molecule has 7 heteroatoms. The molecule has 0 radical (unpaired) electrons. The Bertz CT molecular complexity index is 575. The van der Waals surface area contributed by atoms with Crippen LogP contribution in [0.25, 0.3) is 5.57 Å². The van der Waals surface area contributed by atoms with Gasteiger partial charge in [0.1, 0.15) is 11.6 Å². The predicted molar refractivity (Wildman–Crippen MR) is 49.2 cm³/mol. The molecule has 17 heavy (non-hydrogen) atoms. The summed E-state index contributed by atoms with van der Waals surface area (Å²) in [5, 5.41) is 8.53. The van der Waals surface area contributed by atoms with Crippen molar-refractivity contribution in [3.63, 3.8) is 0 Å². The molecular weight excluding hydrogens is 240 g/mol. The average molecular weight is 244 g/mol. The first-order valence-corrected chi connectivity index (χ1v) is 4.08. The largest absolute Gasteiger partial charge is 0.366 e. The molecule has 0 fully saturated rings. The van der Waals surface area contributed by atoms with Crippen LogP contribution in [0.3, 0.4) is 0 Å². The maximum absolute atomic E-state index is 13.3. The van der Waals surface area contributed by atoms with Gasteiger partial charge in [0.05, 0.1) is 0 Å². The Morgan fingerprint density at radius 1 is 1.12 bits per heavy atom. The monoisotopic (exact) mass is 244 g/mol. The Morgan fingerprint density at radius 2 is 1.59 bits per heavy atom. The van der Waals surface area contributed by atoms with Crippen molar-refractivity contribution in [3.05, 3.63) is 41.0 Å². The average Bonchev–Trinajstić information content (AvgIpc) is 2.29. The topological polar surface area (TPSA) is 66.9 Å². The highest BCUT2D eigenvalue weighted by molar-refractivity contribution is 6.18. The molecule has 1 rings (SSSR count). The normalized spacial score (nSPS) is 9.82. The van der Waals surface area contributed by atoms with E-state index in [0.29, 0.717) is 0 Å². The van der Waals surface area contributed by atoms with Gasteiger partial charge in [-0.3, -0.25) is 4.79 Å². The van der Waals surface area contributed by atoms with Gasteiger partial charge in [0.2, 0.25) is 5.91 Å². The molecule has 1 amide bonds. The van der Waals surface area contributed by atoms with E-state index in [1.165, 1.54) is 0 Å². The molecule has 0 aliphatic rings. The first-order valence-electron chi connectivity index (χ1n) is 4.08. The number of carbonyl (C=O) groups excluding carboxylic acids is 1. The number of hydrogen-bond acceptors (Lipinski definition) is 2. The minimum atomic E-state index is -2.14. The number of rotatable bonds is 2. The van der Waals surface area contributed by atoms with Crippen molar-refractivity contribution >= 4 is 11.5 Å². The van der Waals surface area contributed by atoms with Gasteiger partial charge in [0.15, 0.2) is 23.3 Å². The van der Waals surface area contributed by atoms with Gasteiger partial charge >= 0.3 is 0 Å². The standard InChI is InChI=1S/C10H4F4N2O/c1-3(10(16)17)5-4(2-15)6(11)8(13)9(14)7(5)12/h1H2,(H2,16,17). The van der Waals surface area contributed by atoms with Crippen molar-refractivity contribution < 1.29 is 22.4 Å². The zero-order chi connectivity index (χ0) is 13.3. The summed E-state index contributed by atoms with van der Waals surface area (Å²) in [5.74, 6) is -9.35. The van der Waals surface area contributed by atoms with Crippen molar-refractivity contribution in [2.75, 3.05) is 0 Å². The van der Waals surface area contributed by atoms with Gasteiger partial charge in [-0.1, -0.05) is 6.58 Å². The molecule has 0 heterocycles. The van der Waals surface area contributed by atoms with Crippen molar-refractivity contribution in [2.45, 2.75) is 0 Å². The van der Waals surface area contributed by atoms with E-state index < -0.39 is 45.9 Å². The van der Waals surface area contributed by atoms with E-state index in [0.717, 1.165) is 6.07 Å². The quantitative estimate of drug-likeness (QED) is 0.371. The molecule has 2 N–H and O–H groups in total. The van der Waals surface area contributed by atoms with Crippen LogP contribution in [0.4, 0.5) is 17.6 Å². The number of nitrogens with two attached hydrogens (primary N) is 1. The lowest BCUT2D eigenvalue weighted by molar-refractivity contribution is -0.112. The third kappa shape index (κ3) is 1.85. The lowest BCUT2D eigenvalue weighted by atomic mass is 9.99. The van der Waals surface area contributed by atoms with Crippen molar-refractivity contribution in [2.24, 2.45) is 5.73 Å². The highest BCUT2D eigenvalue weighted by Crippen LogP contribution is 2.28. The van der Waals surface area contributed by atoms with Crippen LogP contribution in [0.5, 0.6) is 0 Å². The molecule has 0 unspecified atom stereocenters. The third-order valence-electron chi connectivity index (χ3n) is 1.98. The van der Waals surface area contributed by atoms with Gasteiger partial charge in [-0.2, -0.15) is 5.26 Å². The minimum Gasteiger partial charge on any atom is -0.366 e. The maximum Gasteiger partial charge on any atom is 0.248 e. The Kier molecular flexibility index (Phi) is 3.18. The van der Waals surface area contributed by atoms with Crippen LogP contribution in [0.1, 0.15) is 11.1 Å². The fraction of sp³-hybridized carbons (Fsp3) is 0. The van der Waals surface area contributed by atoms with Gasteiger partial charge in [0, 0.05) is 11.1 Å². The van der Waals surface area contributed by atoms with Crippen molar-refractivity contribution in [3.8, 4) is 6.07 Å². The summed E-state index contributed by atoms with van der Waals surface area (Å²) in [6.45, 7) is 2.98. The van der Waals surface area contributed by atoms with Crippen LogP contribution >= 0.6 is 0 Å². The summed E-state index contributed by atoms with van der Waals surface area (Å²) < 4.78 is 52.1. The lowest BCUT2D eigenvalue weighted by Gasteiger charge is -2.08. The molecule has 0 saturated heterocycles. The SMILES string of the molecule is C=C(C(N)=O)c1c(F)c(F)c(F)c(F)c1C#N. The summed E-state index contributed by atoms with van der Waals surface area (Å²) in [7, 11) is 0. The van der Waals surface area contributed by atoms with Crippen LogP contribution in [-0.2, 0) is 4.79 Å². The number of amides is 1. The molecule has 0 aliphatic carbocycles. The van der Waals surface area contributed by atoms with Gasteiger partial charge in [-0.25, -0.2) is 17.6 Å². The third-order valence-corrected chi connectivity index (χ3v) is 1.98. The number of halogens is 4. The number of primary amides is 1. The molecule has 0 atom stereocenters. The smallest absolute Gasteiger partial charge is 0.248 e. The summed E-state index contributed by atoms with van der Waals surface area (Å²) in [6, 6.07) is 1.12. The number of hydrogen-bond donors (Lipinski definition) is 1. The summed E-state index contributed by atoms with van der Waals surface area (Å²) >= 11 is 0. The Hall–Kier alpha value is -2.36. The first kappa shape index (κ1) is 12.7. The molecule has 0 spiro atoms. The molecule has 0 aliphatic heterocycles. The number of carbonyl (C=O) groups is 1.